The topological polar surface area (TPSA) is 40.5 Å². The molecule has 3 heteroatoms. The fourth-order valence-corrected chi connectivity index (χ4v) is 2.18. The molecule has 0 aliphatic heterocycles. The average Bonchev–Trinajstić information content (AvgIpc) is 2.19. The highest BCUT2D eigenvalue weighted by atomic mass is 16.4. The second kappa shape index (κ2) is 5.01. The van der Waals surface area contributed by atoms with Crippen LogP contribution in [0, 0.1) is 13.8 Å². The highest BCUT2D eigenvalue weighted by Crippen LogP contribution is 2.33. The molecule has 18 heavy (non-hydrogen) atoms. The normalized spacial score (nSPS) is 11.4. The molecule has 1 aromatic rings. The zero-order valence-electron chi connectivity index (χ0n) is 12.2. The Bertz CT molecular complexity index is 462. The van der Waals surface area contributed by atoms with E-state index in [-0.39, 0.29) is 11.8 Å². The van der Waals surface area contributed by atoms with E-state index >= 15 is 0 Å². The molecular formula is C15H23NO2. The van der Waals surface area contributed by atoms with E-state index in [0.29, 0.717) is 0 Å². The van der Waals surface area contributed by atoms with Crippen molar-refractivity contribution in [2.24, 2.45) is 0 Å². The van der Waals surface area contributed by atoms with E-state index in [9.17, 15) is 4.79 Å². The second-order valence-corrected chi connectivity index (χ2v) is 5.79. The second-order valence-electron chi connectivity index (χ2n) is 5.79. The fourth-order valence-electron chi connectivity index (χ4n) is 2.18. The monoisotopic (exact) mass is 249 g/mol. The summed E-state index contributed by atoms with van der Waals surface area (Å²) < 4.78 is 0. The van der Waals surface area contributed by atoms with Crippen LogP contribution >= 0.6 is 0 Å². The molecular weight excluding hydrogens is 226 g/mol. The standard InChI is InChI=1S/C15H23NO2/c1-10-7-12(15(3,4)9-14(17)18)8-13(11(10)2)16(5)6/h7-8H,9H2,1-6H3,(H,17,18). The van der Waals surface area contributed by atoms with Crippen molar-refractivity contribution < 1.29 is 9.90 Å². The predicted molar refractivity (Wildman–Crippen MR) is 75.5 cm³/mol. The molecule has 0 amide bonds. The van der Waals surface area contributed by atoms with Gasteiger partial charge in [-0.15, -0.1) is 0 Å². The SMILES string of the molecule is Cc1cc(C(C)(C)CC(=O)O)cc(N(C)C)c1C. The minimum absolute atomic E-state index is 0.141. The van der Waals surface area contributed by atoms with E-state index in [1.165, 1.54) is 11.1 Å². The molecule has 1 N–H and O–H groups in total. The van der Waals surface area contributed by atoms with Gasteiger partial charge in [0.05, 0.1) is 6.42 Å². The number of aliphatic carboxylic acids is 1. The lowest BCUT2D eigenvalue weighted by atomic mass is 9.80. The van der Waals surface area contributed by atoms with Crippen LogP contribution in [0.5, 0.6) is 0 Å². The molecule has 1 aromatic carbocycles. The lowest BCUT2D eigenvalue weighted by Gasteiger charge is -2.27. The largest absolute Gasteiger partial charge is 0.481 e. The first kappa shape index (κ1) is 14.6. The minimum atomic E-state index is -0.760. The van der Waals surface area contributed by atoms with Crippen LogP contribution in [0.25, 0.3) is 0 Å². The van der Waals surface area contributed by atoms with Crippen molar-refractivity contribution >= 4 is 11.7 Å². The molecule has 100 valence electrons. The first-order chi connectivity index (χ1) is 8.15. The average molecular weight is 249 g/mol. The number of benzene rings is 1. The number of carboxylic acids is 1. The summed E-state index contributed by atoms with van der Waals surface area (Å²) in [6.07, 6.45) is 0.141. The third-order valence-corrected chi connectivity index (χ3v) is 3.50. The summed E-state index contributed by atoms with van der Waals surface area (Å²) in [6.45, 7) is 8.12. The Kier molecular flexibility index (Phi) is 4.05. The van der Waals surface area contributed by atoms with Gasteiger partial charge in [0.2, 0.25) is 0 Å². The molecule has 0 aliphatic rings. The summed E-state index contributed by atoms with van der Waals surface area (Å²) in [4.78, 5) is 13.0. The van der Waals surface area contributed by atoms with E-state index in [2.05, 4.69) is 30.9 Å². The van der Waals surface area contributed by atoms with Crippen molar-refractivity contribution in [2.75, 3.05) is 19.0 Å². The van der Waals surface area contributed by atoms with Gasteiger partial charge in [0.25, 0.3) is 0 Å². The summed E-state index contributed by atoms with van der Waals surface area (Å²) in [5.74, 6) is -0.760. The van der Waals surface area contributed by atoms with Gasteiger partial charge in [0.1, 0.15) is 0 Å². The smallest absolute Gasteiger partial charge is 0.304 e. The first-order valence-corrected chi connectivity index (χ1v) is 6.16. The summed E-state index contributed by atoms with van der Waals surface area (Å²) in [5, 5.41) is 9.00. The Morgan fingerprint density at radius 2 is 1.83 bits per heavy atom. The number of aryl methyl sites for hydroxylation is 1. The third kappa shape index (κ3) is 3.03. The molecule has 0 unspecified atom stereocenters. The van der Waals surface area contributed by atoms with Crippen LogP contribution in [0.4, 0.5) is 5.69 Å². The van der Waals surface area contributed by atoms with Gasteiger partial charge < -0.3 is 10.0 Å². The van der Waals surface area contributed by atoms with E-state index in [0.717, 1.165) is 11.3 Å². The van der Waals surface area contributed by atoms with Crippen molar-refractivity contribution in [3.05, 3.63) is 28.8 Å². The van der Waals surface area contributed by atoms with Crippen LogP contribution in [0.3, 0.4) is 0 Å². The number of rotatable bonds is 4. The zero-order chi connectivity index (χ0) is 14.1. The maximum absolute atomic E-state index is 10.9. The third-order valence-electron chi connectivity index (χ3n) is 3.50. The van der Waals surface area contributed by atoms with E-state index in [4.69, 9.17) is 5.11 Å². The zero-order valence-corrected chi connectivity index (χ0v) is 12.2. The molecule has 0 saturated carbocycles. The van der Waals surface area contributed by atoms with Crippen LogP contribution in [-0.2, 0) is 10.2 Å². The number of hydrogen-bond acceptors (Lipinski definition) is 2. The lowest BCUT2D eigenvalue weighted by Crippen LogP contribution is -2.23. The fraction of sp³-hybridized carbons (Fsp3) is 0.533. The van der Waals surface area contributed by atoms with Gasteiger partial charge in [0, 0.05) is 25.2 Å². The minimum Gasteiger partial charge on any atom is -0.481 e. The van der Waals surface area contributed by atoms with Gasteiger partial charge in [-0.1, -0.05) is 19.9 Å². The van der Waals surface area contributed by atoms with E-state index < -0.39 is 5.97 Å². The molecule has 3 nitrogen and oxygen atoms in total. The number of carbonyl (C=O) groups is 1. The van der Waals surface area contributed by atoms with Crippen LogP contribution < -0.4 is 4.90 Å². The Hall–Kier alpha value is -1.51. The van der Waals surface area contributed by atoms with Crippen LogP contribution in [-0.4, -0.2) is 25.2 Å². The molecule has 0 fully saturated rings. The van der Waals surface area contributed by atoms with Gasteiger partial charge in [-0.3, -0.25) is 4.79 Å². The van der Waals surface area contributed by atoms with Gasteiger partial charge in [-0.25, -0.2) is 0 Å². The van der Waals surface area contributed by atoms with Gasteiger partial charge in [-0.05, 0) is 36.6 Å². The van der Waals surface area contributed by atoms with Crippen molar-refractivity contribution in [1.82, 2.24) is 0 Å². The molecule has 0 bridgehead atoms. The van der Waals surface area contributed by atoms with E-state index in [1.807, 2.05) is 27.9 Å². The van der Waals surface area contributed by atoms with Crippen molar-refractivity contribution in [1.29, 1.82) is 0 Å². The molecule has 0 heterocycles. The Morgan fingerprint density at radius 1 is 1.28 bits per heavy atom. The molecule has 0 saturated heterocycles. The van der Waals surface area contributed by atoms with Crippen molar-refractivity contribution in [3.63, 3.8) is 0 Å². The molecule has 0 aliphatic carbocycles. The summed E-state index contributed by atoms with van der Waals surface area (Å²) in [7, 11) is 4.02. The van der Waals surface area contributed by atoms with E-state index in [1.54, 1.807) is 0 Å². The number of nitrogens with zero attached hydrogens (tertiary/aromatic N) is 1. The predicted octanol–water partition coefficient (Wildman–Crippen LogP) is 3.12. The molecule has 0 atom stereocenters. The molecule has 0 aromatic heterocycles. The summed E-state index contributed by atoms with van der Waals surface area (Å²) in [6, 6.07) is 4.20. The molecule has 0 spiro atoms. The Labute approximate surface area is 109 Å². The number of anilines is 1. The number of hydrogen-bond donors (Lipinski definition) is 1. The van der Waals surface area contributed by atoms with Crippen LogP contribution in [0.1, 0.15) is 37.0 Å². The van der Waals surface area contributed by atoms with Crippen LogP contribution in [0.15, 0.2) is 12.1 Å². The quantitative estimate of drug-likeness (QED) is 0.891. The maximum atomic E-state index is 10.9. The van der Waals surface area contributed by atoms with Crippen molar-refractivity contribution in [3.8, 4) is 0 Å². The molecule has 1 rings (SSSR count). The lowest BCUT2D eigenvalue weighted by molar-refractivity contribution is -0.138. The van der Waals surface area contributed by atoms with Gasteiger partial charge >= 0.3 is 5.97 Å². The Morgan fingerprint density at radius 3 is 2.28 bits per heavy atom. The number of carboxylic acid groups (broad SMARTS) is 1. The summed E-state index contributed by atoms with van der Waals surface area (Å²) >= 11 is 0. The highest BCUT2D eigenvalue weighted by Gasteiger charge is 2.25. The van der Waals surface area contributed by atoms with Crippen molar-refractivity contribution in [2.45, 2.75) is 39.5 Å². The molecule has 0 radical (unpaired) electrons. The first-order valence-electron chi connectivity index (χ1n) is 6.16. The Balaban J connectivity index is 3.30. The summed E-state index contributed by atoms with van der Waals surface area (Å²) in [5.41, 5.74) is 4.33. The van der Waals surface area contributed by atoms with Crippen LogP contribution in [0.2, 0.25) is 0 Å². The van der Waals surface area contributed by atoms with Gasteiger partial charge in [-0.2, -0.15) is 0 Å². The van der Waals surface area contributed by atoms with Gasteiger partial charge in [0.15, 0.2) is 0 Å². The maximum Gasteiger partial charge on any atom is 0.304 e. The highest BCUT2D eigenvalue weighted by molar-refractivity contribution is 5.69.